The van der Waals surface area contributed by atoms with Crippen LogP contribution in [0.5, 0.6) is 0 Å². The van der Waals surface area contributed by atoms with Gasteiger partial charge in [0.05, 0.1) is 10.3 Å². The summed E-state index contributed by atoms with van der Waals surface area (Å²) < 4.78 is 25.8. The fraction of sp³-hybridized carbons (Fsp3) is 0.417. The molecule has 0 amide bonds. The van der Waals surface area contributed by atoms with Crippen molar-refractivity contribution in [2.24, 2.45) is 5.41 Å². The zero-order valence-electron chi connectivity index (χ0n) is 9.97. The van der Waals surface area contributed by atoms with E-state index in [0.29, 0.717) is 5.33 Å². The van der Waals surface area contributed by atoms with Crippen LogP contribution in [0.25, 0.3) is 0 Å². The summed E-state index contributed by atoms with van der Waals surface area (Å²) in [4.78, 5) is 11.2. The van der Waals surface area contributed by atoms with Gasteiger partial charge in [0.1, 0.15) is 6.29 Å². The summed E-state index contributed by atoms with van der Waals surface area (Å²) >= 11 is 3.25. The van der Waals surface area contributed by atoms with Gasteiger partial charge in [-0.25, -0.2) is 8.42 Å². The number of halogens is 1. The molecule has 0 aliphatic carbocycles. The number of hydrogen-bond donors (Lipinski definition) is 0. The lowest BCUT2D eigenvalue weighted by Crippen LogP contribution is -2.60. The van der Waals surface area contributed by atoms with Crippen molar-refractivity contribution in [3.63, 3.8) is 0 Å². The standard InChI is InChI=1S/C12H14BrNO3S/c1-10-2-4-11(5-3-10)18(16,17)14-7-12(6-13,8-14)9-15/h2-5,9H,6-8H2,1H3. The van der Waals surface area contributed by atoms with Crippen LogP contribution in [0.3, 0.4) is 0 Å². The molecule has 1 aliphatic heterocycles. The lowest BCUT2D eigenvalue weighted by atomic mass is 9.86. The summed E-state index contributed by atoms with van der Waals surface area (Å²) in [6.45, 7) is 2.40. The molecule has 1 aromatic rings. The fourth-order valence-corrected chi connectivity index (χ4v) is 4.00. The van der Waals surface area contributed by atoms with E-state index in [1.807, 2.05) is 6.92 Å². The van der Waals surface area contributed by atoms with E-state index in [9.17, 15) is 13.2 Å². The molecule has 1 heterocycles. The lowest BCUT2D eigenvalue weighted by Gasteiger charge is -2.44. The van der Waals surface area contributed by atoms with E-state index >= 15 is 0 Å². The highest BCUT2D eigenvalue weighted by Crippen LogP contribution is 2.34. The SMILES string of the molecule is Cc1ccc(S(=O)(=O)N2CC(C=O)(CBr)C2)cc1. The first-order valence-corrected chi connectivity index (χ1v) is 8.09. The third kappa shape index (κ3) is 2.24. The van der Waals surface area contributed by atoms with Gasteiger partial charge < -0.3 is 4.79 Å². The molecule has 1 fully saturated rings. The van der Waals surface area contributed by atoms with Crippen molar-refractivity contribution in [3.05, 3.63) is 29.8 Å². The average molecular weight is 332 g/mol. The molecule has 1 aliphatic rings. The number of carbonyl (C=O) groups is 1. The van der Waals surface area contributed by atoms with E-state index in [-0.39, 0.29) is 18.0 Å². The third-order valence-electron chi connectivity index (χ3n) is 3.16. The van der Waals surface area contributed by atoms with Crippen LogP contribution in [-0.2, 0) is 14.8 Å². The number of rotatable bonds is 4. The molecule has 0 spiro atoms. The Labute approximate surface area is 115 Å². The second kappa shape index (κ2) is 4.75. The summed E-state index contributed by atoms with van der Waals surface area (Å²) in [5, 5.41) is 0.490. The van der Waals surface area contributed by atoms with Crippen LogP contribution in [0.2, 0.25) is 0 Å². The Kier molecular flexibility index (Phi) is 3.62. The van der Waals surface area contributed by atoms with Gasteiger partial charge in [0.25, 0.3) is 0 Å². The van der Waals surface area contributed by atoms with Crippen LogP contribution in [0.1, 0.15) is 5.56 Å². The normalized spacial score (nSPS) is 19.2. The Bertz CT molecular complexity index is 547. The predicted octanol–water partition coefficient (Wildman–Crippen LogP) is 1.58. The molecule has 0 radical (unpaired) electrons. The van der Waals surface area contributed by atoms with Crippen LogP contribution < -0.4 is 0 Å². The van der Waals surface area contributed by atoms with Crippen LogP contribution in [0, 0.1) is 12.3 Å². The second-order valence-electron chi connectivity index (χ2n) is 4.70. The van der Waals surface area contributed by atoms with Gasteiger partial charge in [-0.3, -0.25) is 0 Å². The highest BCUT2D eigenvalue weighted by atomic mass is 79.9. The molecule has 0 saturated carbocycles. The molecule has 98 valence electrons. The minimum absolute atomic E-state index is 0.248. The molecule has 1 aromatic carbocycles. The number of hydrogen-bond acceptors (Lipinski definition) is 3. The van der Waals surface area contributed by atoms with Crippen molar-refractivity contribution < 1.29 is 13.2 Å². The number of nitrogens with zero attached hydrogens (tertiary/aromatic N) is 1. The summed E-state index contributed by atoms with van der Waals surface area (Å²) in [6.07, 6.45) is 0.836. The van der Waals surface area contributed by atoms with E-state index in [4.69, 9.17) is 0 Å². The molecule has 1 saturated heterocycles. The van der Waals surface area contributed by atoms with Gasteiger partial charge in [0, 0.05) is 18.4 Å². The van der Waals surface area contributed by atoms with Crippen molar-refractivity contribution in [2.45, 2.75) is 11.8 Å². The number of aldehydes is 1. The van der Waals surface area contributed by atoms with Gasteiger partial charge in [-0.2, -0.15) is 4.31 Å². The Morgan fingerprint density at radius 2 is 1.89 bits per heavy atom. The molecular formula is C12H14BrNO3S. The first-order valence-electron chi connectivity index (χ1n) is 5.53. The Balaban J connectivity index is 2.20. The number of benzene rings is 1. The van der Waals surface area contributed by atoms with Gasteiger partial charge in [-0.1, -0.05) is 33.6 Å². The van der Waals surface area contributed by atoms with Crippen molar-refractivity contribution in [2.75, 3.05) is 18.4 Å². The largest absolute Gasteiger partial charge is 0.303 e. The second-order valence-corrected chi connectivity index (χ2v) is 7.20. The minimum Gasteiger partial charge on any atom is -0.303 e. The first-order chi connectivity index (χ1) is 8.43. The maximum atomic E-state index is 12.2. The Hall–Kier alpha value is -0.720. The summed E-state index contributed by atoms with van der Waals surface area (Å²) in [5.41, 5.74) is 0.456. The first kappa shape index (κ1) is 13.7. The topological polar surface area (TPSA) is 54.5 Å². The Morgan fingerprint density at radius 1 is 1.33 bits per heavy atom. The summed E-state index contributed by atoms with van der Waals surface area (Å²) in [7, 11) is -3.46. The molecule has 0 atom stereocenters. The maximum Gasteiger partial charge on any atom is 0.243 e. The highest BCUT2D eigenvalue weighted by Gasteiger charge is 2.47. The molecule has 2 rings (SSSR count). The fourth-order valence-electron chi connectivity index (χ4n) is 1.88. The third-order valence-corrected chi connectivity index (χ3v) is 6.08. The Morgan fingerprint density at radius 3 is 2.33 bits per heavy atom. The molecule has 4 nitrogen and oxygen atoms in total. The molecular weight excluding hydrogens is 318 g/mol. The van der Waals surface area contributed by atoms with Gasteiger partial charge in [-0.15, -0.1) is 0 Å². The lowest BCUT2D eigenvalue weighted by molar-refractivity contribution is -0.120. The molecule has 0 unspecified atom stereocenters. The van der Waals surface area contributed by atoms with E-state index in [1.54, 1.807) is 24.3 Å². The molecule has 6 heteroatoms. The van der Waals surface area contributed by atoms with E-state index in [1.165, 1.54) is 4.31 Å². The number of aryl methyl sites for hydroxylation is 1. The molecule has 18 heavy (non-hydrogen) atoms. The average Bonchev–Trinajstić information content (AvgIpc) is 2.29. The van der Waals surface area contributed by atoms with E-state index < -0.39 is 15.4 Å². The molecule has 0 aromatic heterocycles. The highest BCUT2D eigenvalue weighted by molar-refractivity contribution is 9.09. The van der Waals surface area contributed by atoms with Gasteiger partial charge in [0.2, 0.25) is 10.0 Å². The number of sulfonamides is 1. The minimum atomic E-state index is -3.46. The van der Waals surface area contributed by atoms with Crippen LogP contribution >= 0.6 is 15.9 Å². The van der Waals surface area contributed by atoms with Crippen LogP contribution in [0.15, 0.2) is 29.2 Å². The van der Waals surface area contributed by atoms with E-state index in [2.05, 4.69) is 15.9 Å². The van der Waals surface area contributed by atoms with Gasteiger partial charge in [-0.05, 0) is 19.1 Å². The molecule has 0 bridgehead atoms. The number of alkyl halides is 1. The van der Waals surface area contributed by atoms with Crippen molar-refractivity contribution in [3.8, 4) is 0 Å². The zero-order chi connectivity index (χ0) is 13.4. The predicted molar refractivity (Wildman–Crippen MR) is 72.2 cm³/mol. The van der Waals surface area contributed by atoms with Crippen molar-refractivity contribution >= 4 is 32.2 Å². The van der Waals surface area contributed by atoms with Crippen LogP contribution in [0.4, 0.5) is 0 Å². The maximum absolute atomic E-state index is 12.2. The molecule has 0 N–H and O–H groups in total. The zero-order valence-corrected chi connectivity index (χ0v) is 12.4. The number of carbonyl (C=O) groups excluding carboxylic acids is 1. The van der Waals surface area contributed by atoms with Crippen LogP contribution in [-0.4, -0.2) is 37.4 Å². The quantitative estimate of drug-likeness (QED) is 0.621. The summed E-state index contributed by atoms with van der Waals surface area (Å²) in [6, 6.07) is 6.73. The van der Waals surface area contributed by atoms with Gasteiger partial charge >= 0.3 is 0 Å². The van der Waals surface area contributed by atoms with Gasteiger partial charge in [0.15, 0.2) is 0 Å². The van der Waals surface area contributed by atoms with Crippen molar-refractivity contribution in [1.82, 2.24) is 4.31 Å². The smallest absolute Gasteiger partial charge is 0.243 e. The van der Waals surface area contributed by atoms with Crippen molar-refractivity contribution in [1.29, 1.82) is 0 Å². The summed E-state index contributed by atoms with van der Waals surface area (Å²) in [5.74, 6) is 0. The van der Waals surface area contributed by atoms with E-state index in [0.717, 1.165) is 11.8 Å². The monoisotopic (exact) mass is 331 g/mol.